The van der Waals surface area contributed by atoms with Crippen LogP contribution in [0.4, 0.5) is 27.6 Å². The van der Waals surface area contributed by atoms with E-state index in [9.17, 15) is 26.7 Å². The Morgan fingerprint density at radius 1 is 1.44 bits per heavy atom. The summed E-state index contributed by atoms with van der Waals surface area (Å²) in [5.41, 5.74) is 0.604. The molecule has 100 valence electrons. The van der Waals surface area contributed by atoms with Gasteiger partial charge < -0.3 is 10.5 Å². The molecular weight excluding hydrogens is 263 g/mol. The van der Waals surface area contributed by atoms with E-state index in [1.165, 1.54) is 0 Å². The zero-order valence-electron chi connectivity index (χ0n) is 8.89. The molecular formula is C9H7F5N2O2. The van der Waals surface area contributed by atoms with Crippen molar-refractivity contribution >= 4 is 11.7 Å². The van der Waals surface area contributed by atoms with Crippen LogP contribution in [0.25, 0.3) is 0 Å². The predicted molar refractivity (Wildman–Crippen MR) is 49.9 cm³/mol. The van der Waals surface area contributed by atoms with Crippen molar-refractivity contribution in [2.24, 2.45) is 0 Å². The van der Waals surface area contributed by atoms with Crippen molar-refractivity contribution in [2.75, 3.05) is 12.8 Å². The first-order valence-corrected chi connectivity index (χ1v) is 4.42. The Balaban J connectivity index is 3.52. The van der Waals surface area contributed by atoms with Gasteiger partial charge in [0.15, 0.2) is 5.69 Å². The maximum absolute atomic E-state index is 12.5. The Bertz CT molecular complexity index is 473. The summed E-state index contributed by atoms with van der Waals surface area (Å²) >= 11 is 0. The molecule has 18 heavy (non-hydrogen) atoms. The molecule has 0 amide bonds. The molecule has 0 bridgehead atoms. The Morgan fingerprint density at radius 2 is 2.00 bits per heavy atom. The molecule has 0 aliphatic heterocycles. The van der Waals surface area contributed by atoms with E-state index in [4.69, 9.17) is 5.73 Å². The molecule has 4 nitrogen and oxygen atoms in total. The van der Waals surface area contributed by atoms with Gasteiger partial charge in [-0.2, -0.15) is 13.2 Å². The van der Waals surface area contributed by atoms with E-state index in [0.717, 1.165) is 7.11 Å². The lowest BCUT2D eigenvalue weighted by atomic mass is 10.1. The fourth-order valence-electron chi connectivity index (χ4n) is 1.15. The second kappa shape index (κ2) is 4.75. The number of hydrogen-bond acceptors (Lipinski definition) is 4. The number of nitrogens with zero attached hydrogens (tertiary/aromatic N) is 1. The van der Waals surface area contributed by atoms with Crippen LogP contribution in [0.1, 0.15) is 28.2 Å². The Hall–Kier alpha value is -1.93. The van der Waals surface area contributed by atoms with Crippen LogP contribution in [0.2, 0.25) is 0 Å². The van der Waals surface area contributed by atoms with Crippen molar-refractivity contribution in [1.82, 2.24) is 4.98 Å². The van der Waals surface area contributed by atoms with Crippen LogP contribution in [-0.4, -0.2) is 18.1 Å². The minimum Gasteiger partial charge on any atom is -0.464 e. The number of esters is 1. The summed E-state index contributed by atoms with van der Waals surface area (Å²) in [5.74, 6) is -1.32. The first-order valence-electron chi connectivity index (χ1n) is 4.42. The maximum atomic E-state index is 12.5. The van der Waals surface area contributed by atoms with E-state index in [1.807, 2.05) is 0 Å². The third kappa shape index (κ3) is 2.66. The van der Waals surface area contributed by atoms with E-state index in [2.05, 4.69) is 9.72 Å². The first-order chi connectivity index (χ1) is 8.18. The molecule has 0 fully saturated rings. The number of ether oxygens (including phenoxy) is 1. The normalized spacial score (nSPS) is 11.7. The summed E-state index contributed by atoms with van der Waals surface area (Å²) in [4.78, 5) is 14.0. The lowest BCUT2D eigenvalue weighted by molar-refractivity contribution is -0.141. The van der Waals surface area contributed by atoms with Crippen molar-refractivity contribution in [3.63, 3.8) is 0 Å². The van der Waals surface area contributed by atoms with E-state index in [1.54, 1.807) is 0 Å². The van der Waals surface area contributed by atoms with Crippen LogP contribution in [0, 0.1) is 0 Å². The number of rotatable bonds is 2. The van der Waals surface area contributed by atoms with Crippen LogP contribution in [0.5, 0.6) is 0 Å². The van der Waals surface area contributed by atoms with Crippen LogP contribution >= 0.6 is 0 Å². The standard InChI is InChI=1S/C9H7F5N2O2/c1-18-8(17)6-5(15)3(7(10)11)2-4(16-6)9(12,13)14/h2,7H,15H2,1H3. The number of methoxy groups -OCH3 is 1. The lowest BCUT2D eigenvalue weighted by Crippen LogP contribution is -2.17. The predicted octanol–water partition coefficient (Wildman–Crippen LogP) is 2.41. The van der Waals surface area contributed by atoms with Crippen molar-refractivity contribution in [3.8, 4) is 0 Å². The lowest BCUT2D eigenvalue weighted by Gasteiger charge is -2.13. The second-order valence-electron chi connectivity index (χ2n) is 3.15. The van der Waals surface area contributed by atoms with Crippen LogP contribution < -0.4 is 5.73 Å². The van der Waals surface area contributed by atoms with Gasteiger partial charge in [-0.3, -0.25) is 0 Å². The largest absolute Gasteiger partial charge is 0.464 e. The molecule has 0 atom stereocenters. The molecule has 1 rings (SSSR count). The summed E-state index contributed by atoms with van der Waals surface area (Å²) in [6, 6.07) is 0.104. The fourth-order valence-corrected chi connectivity index (χ4v) is 1.15. The van der Waals surface area contributed by atoms with Gasteiger partial charge in [0.25, 0.3) is 6.43 Å². The summed E-state index contributed by atoms with van der Waals surface area (Å²) < 4.78 is 66.4. The van der Waals surface area contributed by atoms with E-state index in [0.29, 0.717) is 0 Å². The maximum Gasteiger partial charge on any atom is 0.433 e. The smallest absolute Gasteiger partial charge is 0.433 e. The number of aromatic nitrogens is 1. The summed E-state index contributed by atoms with van der Waals surface area (Å²) in [6.45, 7) is 0. The van der Waals surface area contributed by atoms with Gasteiger partial charge in [0.2, 0.25) is 0 Å². The molecule has 1 heterocycles. The highest BCUT2D eigenvalue weighted by molar-refractivity contribution is 5.93. The number of alkyl halides is 5. The summed E-state index contributed by atoms with van der Waals surface area (Å²) in [6.07, 6.45) is -8.24. The highest BCUT2D eigenvalue weighted by Gasteiger charge is 2.36. The van der Waals surface area contributed by atoms with Gasteiger partial charge in [-0.25, -0.2) is 18.6 Å². The molecule has 0 aliphatic carbocycles. The molecule has 0 saturated heterocycles. The topological polar surface area (TPSA) is 65.2 Å². The molecule has 0 unspecified atom stereocenters. The van der Waals surface area contributed by atoms with Gasteiger partial charge in [0, 0.05) is 5.56 Å². The molecule has 2 N–H and O–H groups in total. The second-order valence-corrected chi connectivity index (χ2v) is 3.15. The number of anilines is 1. The molecule has 1 aromatic rings. The highest BCUT2D eigenvalue weighted by atomic mass is 19.4. The van der Waals surface area contributed by atoms with Crippen molar-refractivity contribution in [2.45, 2.75) is 12.6 Å². The number of nitrogens with two attached hydrogens (primary N) is 1. The average Bonchev–Trinajstić information content (AvgIpc) is 2.26. The van der Waals surface area contributed by atoms with Crippen LogP contribution in [-0.2, 0) is 10.9 Å². The third-order valence-corrected chi connectivity index (χ3v) is 1.99. The number of halogens is 5. The Labute approximate surface area is 97.6 Å². The first kappa shape index (κ1) is 14.1. The summed E-state index contributed by atoms with van der Waals surface area (Å²) in [7, 11) is 0.867. The van der Waals surface area contributed by atoms with Crippen LogP contribution in [0.15, 0.2) is 6.07 Å². The van der Waals surface area contributed by atoms with Gasteiger partial charge in [-0.05, 0) is 6.07 Å². The van der Waals surface area contributed by atoms with Gasteiger partial charge in [0.05, 0.1) is 12.8 Å². The molecule has 1 aromatic heterocycles. The van der Waals surface area contributed by atoms with Gasteiger partial charge in [-0.1, -0.05) is 0 Å². The SMILES string of the molecule is COC(=O)c1nc(C(F)(F)F)cc(C(F)F)c1N. The van der Waals surface area contributed by atoms with Crippen molar-refractivity contribution in [1.29, 1.82) is 0 Å². The Morgan fingerprint density at radius 3 is 2.39 bits per heavy atom. The van der Waals surface area contributed by atoms with Gasteiger partial charge in [-0.15, -0.1) is 0 Å². The minimum atomic E-state index is -4.97. The number of nitrogen functional groups attached to an aromatic ring is 1. The number of carbonyl (C=O) groups is 1. The molecule has 9 heteroatoms. The molecule has 0 saturated carbocycles. The third-order valence-electron chi connectivity index (χ3n) is 1.99. The molecule has 0 aliphatic rings. The highest BCUT2D eigenvalue weighted by Crippen LogP contribution is 2.34. The van der Waals surface area contributed by atoms with E-state index < -0.39 is 41.2 Å². The average molecular weight is 270 g/mol. The number of carbonyl (C=O) groups excluding carboxylic acids is 1. The van der Waals surface area contributed by atoms with Crippen molar-refractivity contribution < 1.29 is 31.5 Å². The molecule has 0 spiro atoms. The van der Waals surface area contributed by atoms with E-state index >= 15 is 0 Å². The van der Waals surface area contributed by atoms with Crippen LogP contribution in [0.3, 0.4) is 0 Å². The Kier molecular flexibility index (Phi) is 3.73. The monoisotopic (exact) mass is 270 g/mol. The minimum absolute atomic E-state index is 0.104. The summed E-state index contributed by atoms with van der Waals surface area (Å²) in [5, 5.41) is 0. The van der Waals surface area contributed by atoms with Gasteiger partial charge in [0.1, 0.15) is 5.69 Å². The zero-order chi connectivity index (χ0) is 14.1. The number of pyridine rings is 1. The molecule has 0 aromatic carbocycles. The van der Waals surface area contributed by atoms with Gasteiger partial charge >= 0.3 is 12.1 Å². The van der Waals surface area contributed by atoms with E-state index in [-0.39, 0.29) is 6.07 Å². The number of hydrogen-bond donors (Lipinski definition) is 1. The van der Waals surface area contributed by atoms with Crippen molar-refractivity contribution in [3.05, 3.63) is 23.0 Å². The molecule has 0 radical (unpaired) electrons. The quantitative estimate of drug-likeness (QED) is 0.662. The fraction of sp³-hybridized carbons (Fsp3) is 0.333. The zero-order valence-corrected chi connectivity index (χ0v) is 8.89.